The smallest absolute Gasteiger partial charge is 0.434 e. The molecule has 0 aliphatic heterocycles. The van der Waals surface area contributed by atoms with Gasteiger partial charge in [0.25, 0.3) is 5.91 Å². The first-order chi connectivity index (χ1) is 15.4. The Balaban J connectivity index is 1.53. The van der Waals surface area contributed by atoms with E-state index in [4.69, 9.17) is 21.1 Å². The quantitative estimate of drug-likeness (QED) is 0.374. The third-order valence-corrected chi connectivity index (χ3v) is 4.50. The molecule has 0 bridgehead atoms. The fraction of sp³-hybridized carbons (Fsp3) is 0.125. The van der Waals surface area contributed by atoms with Crippen LogP contribution in [0, 0.1) is 0 Å². The fourth-order valence-corrected chi connectivity index (χ4v) is 3.01. The van der Waals surface area contributed by atoms with Crippen molar-refractivity contribution in [3.05, 3.63) is 88.9 Å². The van der Waals surface area contributed by atoms with Crippen molar-refractivity contribution in [2.45, 2.75) is 13.3 Å². The number of hydrogen-bond acceptors (Lipinski definition) is 5. The second-order valence-electron chi connectivity index (χ2n) is 6.70. The van der Waals surface area contributed by atoms with Gasteiger partial charge in [0.2, 0.25) is 5.91 Å². The Labute approximate surface area is 190 Å². The third kappa shape index (κ3) is 6.85. The first kappa shape index (κ1) is 22.8. The van der Waals surface area contributed by atoms with E-state index < -0.39 is 6.16 Å². The molecule has 0 spiro atoms. The zero-order valence-corrected chi connectivity index (χ0v) is 18.0. The minimum atomic E-state index is -0.801. The Kier molecular flexibility index (Phi) is 7.83. The summed E-state index contributed by atoms with van der Waals surface area (Å²) < 4.78 is 9.66. The van der Waals surface area contributed by atoms with E-state index in [1.807, 2.05) is 6.07 Å². The van der Waals surface area contributed by atoms with Crippen molar-refractivity contribution in [1.82, 2.24) is 0 Å². The van der Waals surface area contributed by atoms with Gasteiger partial charge < -0.3 is 20.1 Å². The maximum Gasteiger partial charge on any atom is 0.513 e. The molecule has 0 unspecified atom stereocenters. The van der Waals surface area contributed by atoms with E-state index in [0.717, 1.165) is 5.56 Å². The molecule has 0 saturated carbocycles. The van der Waals surface area contributed by atoms with Crippen LogP contribution >= 0.6 is 11.6 Å². The Morgan fingerprint density at radius 2 is 1.53 bits per heavy atom. The molecular formula is C24H21ClN2O5. The van der Waals surface area contributed by atoms with Gasteiger partial charge >= 0.3 is 6.16 Å². The number of benzene rings is 3. The predicted octanol–water partition coefficient (Wildman–Crippen LogP) is 5.31. The van der Waals surface area contributed by atoms with Crippen molar-refractivity contribution >= 4 is 40.9 Å². The van der Waals surface area contributed by atoms with Crippen molar-refractivity contribution in [3.8, 4) is 5.75 Å². The van der Waals surface area contributed by atoms with Gasteiger partial charge in [-0.2, -0.15) is 0 Å². The van der Waals surface area contributed by atoms with Crippen LogP contribution in [0.25, 0.3) is 0 Å². The molecule has 3 rings (SSSR count). The zero-order chi connectivity index (χ0) is 22.9. The Bertz CT molecular complexity index is 1100. The SMILES string of the molecule is CCOC(=O)Oc1ccc(C(=O)Nc2ccc(NC(=O)Cc3cccc(Cl)c3)cc2)cc1. The molecule has 0 saturated heterocycles. The Hall–Kier alpha value is -3.84. The second kappa shape index (κ2) is 11.0. The molecule has 0 radical (unpaired) electrons. The first-order valence-corrected chi connectivity index (χ1v) is 10.2. The number of carbonyl (C=O) groups is 3. The lowest BCUT2D eigenvalue weighted by atomic mass is 10.1. The van der Waals surface area contributed by atoms with Gasteiger partial charge in [-0.3, -0.25) is 9.59 Å². The number of amides is 2. The maximum atomic E-state index is 12.4. The molecule has 2 amide bonds. The average molecular weight is 453 g/mol. The summed E-state index contributed by atoms with van der Waals surface area (Å²) in [6.45, 7) is 1.89. The van der Waals surface area contributed by atoms with Crippen molar-refractivity contribution in [1.29, 1.82) is 0 Å². The summed E-state index contributed by atoms with van der Waals surface area (Å²) in [5.74, 6) is -0.225. The number of hydrogen-bond donors (Lipinski definition) is 2. The maximum absolute atomic E-state index is 12.4. The standard InChI is InChI=1S/C24H21ClN2O5/c1-2-31-24(30)32-21-12-6-17(7-13-21)23(29)27-20-10-8-19(9-11-20)26-22(28)15-16-4-3-5-18(25)14-16/h3-14H,2,15H2,1H3,(H,26,28)(H,27,29). The third-order valence-electron chi connectivity index (χ3n) is 4.26. The summed E-state index contributed by atoms with van der Waals surface area (Å²) in [6.07, 6.45) is -0.598. The molecule has 3 aromatic carbocycles. The van der Waals surface area contributed by atoms with Crippen LogP contribution < -0.4 is 15.4 Å². The van der Waals surface area contributed by atoms with Gasteiger partial charge in [-0.25, -0.2) is 4.79 Å². The highest BCUT2D eigenvalue weighted by Gasteiger charge is 2.10. The van der Waals surface area contributed by atoms with Crippen LogP contribution in [-0.2, 0) is 16.0 Å². The molecule has 0 heterocycles. The van der Waals surface area contributed by atoms with Gasteiger partial charge in [-0.15, -0.1) is 0 Å². The van der Waals surface area contributed by atoms with Crippen LogP contribution in [0.2, 0.25) is 5.02 Å². The number of ether oxygens (including phenoxy) is 2. The second-order valence-corrected chi connectivity index (χ2v) is 7.13. The van der Waals surface area contributed by atoms with E-state index in [-0.39, 0.29) is 30.6 Å². The van der Waals surface area contributed by atoms with Crippen molar-refractivity contribution in [2.75, 3.05) is 17.2 Å². The number of carbonyl (C=O) groups excluding carboxylic acids is 3. The minimum Gasteiger partial charge on any atom is -0.434 e. The van der Waals surface area contributed by atoms with Gasteiger partial charge in [0.05, 0.1) is 13.0 Å². The van der Waals surface area contributed by atoms with Crippen LogP contribution in [-0.4, -0.2) is 24.6 Å². The average Bonchev–Trinajstić information content (AvgIpc) is 2.75. The topological polar surface area (TPSA) is 93.7 Å². The highest BCUT2D eigenvalue weighted by molar-refractivity contribution is 6.30. The lowest BCUT2D eigenvalue weighted by Crippen LogP contribution is -2.15. The summed E-state index contributed by atoms with van der Waals surface area (Å²) in [4.78, 5) is 35.9. The molecule has 2 N–H and O–H groups in total. The fourth-order valence-electron chi connectivity index (χ4n) is 2.80. The molecule has 0 aromatic heterocycles. The van der Waals surface area contributed by atoms with Crippen molar-refractivity contribution in [2.24, 2.45) is 0 Å². The highest BCUT2D eigenvalue weighted by atomic mass is 35.5. The van der Waals surface area contributed by atoms with Crippen LogP contribution in [0.15, 0.2) is 72.8 Å². The largest absolute Gasteiger partial charge is 0.513 e. The summed E-state index contributed by atoms with van der Waals surface area (Å²) >= 11 is 5.94. The van der Waals surface area contributed by atoms with Gasteiger partial charge in [0, 0.05) is 22.0 Å². The van der Waals surface area contributed by atoms with Gasteiger partial charge in [0.1, 0.15) is 5.75 Å². The molecule has 0 fully saturated rings. The van der Waals surface area contributed by atoms with Crippen LogP contribution in [0.1, 0.15) is 22.8 Å². The predicted molar refractivity (Wildman–Crippen MR) is 122 cm³/mol. The molecule has 0 aliphatic rings. The molecular weight excluding hydrogens is 432 g/mol. The van der Waals surface area contributed by atoms with Gasteiger partial charge in [-0.05, 0) is 73.2 Å². The van der Waals surface area contributed by atoms with Gasteiger partial charge in [0.15, 0.2) is 0 Å². The number of rotatable bonds is 7. The van der Waals surface area contributed by atoms with E-state index >= 15 is 0 Å². The molecule has 0 aliphatic carbocycles. The normalized spacial score (nSPS) is 10.2. The summed E-state index contributed by atoms with van der Waals surface area (Å²) in [7, 11) is 0. The summed E-state index contributed by atoms with van der Waals surface area (Å²) in [5.41, 5.74) is 2.38. The monoisotopic (exact) mass is 452 g/mol. The molecule has 7 nitrogen and oxygen atoms in total. The number of nitrogens with one attached hydrogen (secondary N) is 2. The van der Waals surface area contributed by atoms with Crippen LogP contribution in [0.3, 0.4) is 0 Å². The lowest BCUT2D eigenvalue weighted by Gasteiger charge is -2.09. The van der Waals surface area contributed by atoms with Crippen LogP contribution in [0.4, 0.5) is 16.2 Å². The van der Waals surface area contributed by atoms with E-state index in [1.165, 1.54) is 24.3 Å². The lowest BCUT2D eigenvalue weighted by molar-refractivity contribution is -0.115. The molecule has 8 heteroatoms. The minimum absolute atomic E-state index is 0.172. The summed E-state index contributed by atoms with van der Waals surface area (Å²) in [5, 5.41) is 6.15. The summed E-state index contributed by atoms with van der Waals surface area (Å²) in [6, 6.07) is 20.0. The van der Waals surface area contributed by atoms with E-state index in [2.05, 4.69) is 10.6 Å². The van der Waals surface area contributed by atoms with Crippen LogP contribution in [0.5, 0.6) is 5.75 Å². The molecule has 0 atom stereocenters. The number of halogens is 1. The van der Waals surface area contributed by atoms with E-state index in [9.17, 15) is 14.4 Å². The zero-order valence-electron chi connectivity index (χ0n) is 17.3. The molecule has 164 valence electrons. The Morgan fingerprint density at radius 1 is 0.875 bits per heavy atom. The van der Waals surface area contributed by atoms with Gasteiger partial charge in [-0.1, -0.05) is 23.7 Å². The van der Waals surface area contributed by atoms with E-state index in [0.29, 0.717) is 22.0 Å². The highest BCUT2D eigenvalue weighted by Crippen LogP contribution is 2.18. The molecule has 3 aromatic rings. The van der Waals surface area contributed by atoms with Crippen molar-refractivity contribution in [3.63, 3.8) is 0 Å². The first-order valence-electron chi connectivity index (χ1n) is 9.83. The Morgan fingerprint density at radius 3 is 2.16 bits per heavy atom. The van der Waals surface area contributed by atoms with E-state index in [1.54, 1.807) is 49.4 Å². The number of anilines is 2. The molecule has 32 heavy (non-hydrogen) atoms. The van der Waals surface area contributed by atoms with Crippen molar-refractivity contribution < 1.29 is 23.9 Å².